The molecule has 0 atom stereocenters. The van der Waals surface area contributed by atoms with Gasteiger partial charge in [-0.15, -0.1) is 11.3 Å². The van der Waals surface area contributed by atoms with Crippen molar-refractivity contribution >= 4 is 27.5 Å². The van der Waals surface area contributed by atoms with Gasteiger partial charge in [-0.25, -0.2) is 15.0 Å². The molecule has 142 valence electrons. The van der Waals surface area contributed by atoms with Crippen molar-refractivity contribution in [1.29, 1.82) is 0 Å². The number of benzene rings is 1. The number of fused-ring (bicyclic) bond motifs is 1. The summed E-state index contributed by atoms with van der Waals surface area (Å²) in [6, 6.07) is 8.13. The van der Waals surface area contributed by atoms with Gasteiger partial charge in [0.15, 0.2) is 0 Å². The minimum atomic E-state index is -0.0741. The Hall–Kier alpha value is -3.06. The van der Waals surface area contributed by atoms with Crippen molar-refractivity contribution in [1.82, 2.24) is 24.8 Å². The Balaban J connectivity index is 1.55. The van der Waals surface area contributed by atoms with Gasteiger partial charge in [0.1, 0.15) is 10.7 Å². The van der Waals surface area contributed by atoms with Crippen molar-refractivity contribution < 1.29 is 4.79 Å². The van der Waals surface area contributed by atoms with E-state index in [0.29, 0.717) is 11.4 Å². The molecule has 28 heavy (non-hydrogen) atoms. The van der Waals surface area contributed by atoms with Crippen LogP contribution in [0.15, 0.2) is 43.0 Å². The fourth-order valence-electron chi connectivity index (χ4n) is 3.41. The highest BCUT2D eigenvalue weighted by molar-refractivity contribution is 7.20. The largest absolute Gasteiger partial charge is 0.347 e. The van der Waals surface area contributed by atoms with Gasteiger partial charge in [-0.1, -0.05) is 24.3 Å². The van der Waals surface area contributed by atoms with Gasteiger partial charge in [-0.05, 0) is 37.5 Å². The van der Waals surface area contributed by atoms with Crippen LogP contribution in [0.25, 0.3) is 10.2 Å². The fraction of sp³-hybridized carbons (Fsp3) is 0.238. The molecule has 1 amide bonds. The van der Waals surface area contributed by atoms with E-state index in [4.69, 9.17) is 0 Å². The molecule has 0 unspecified atom stereocenters. The number of imidazole rings is 1. The number of aromatic nitrogens is 4. The van der Waals surface area contributed by atoms with E-state index in [9.17, 15) is 4.79 Å². The Bertz CT molecular complexity index is 1150. The number of carbonyl (C=O) groups excluding carboxylic acids is 1. The van der Waals surface area contributed by atoms with E-state index in [1.165, 1.54) is 11.3 Å². The molecule has 0 fully saturated rings. The maximum absolute atomic E-state index is 12.9. The number of nitrogens with one attached hydrogen (secondary N) is 1. The Morgan fingerprint density at radius 3 is 2.68 bits per heavy atom. The lowest BCUT2D eigenvalue weighted by Gasteiger charge is -2.11. The SMILES string of the molecule is Cc1nc(C)c2c(C)c(C(=O)NCc3ccccc3Cn3ccnc3)sc2n1. The summed E-state index contributed by atoms with van der Waals surface area (Å²) >= 11 is 1.43. The first-order chi connectivity index (χ1) is 13.5. The predicted octanol–water partition coefficient (Wildman–Crippen LogP) is 3.79. The standard InChI is InChI=1S/C21H21N5OS/c1-13-18-14(2)24-15(3)25-21(18)28-19(13)20(27)23-10-16-6-4-5-7-17(16)11-26-9-8-22-12-26/h4-9,12H,10-11H2,1-3H3,(H,23,27). The lowest BCUT2D eigenvalue weighted by Crippen LogP contribution is -2.23. The monoisotopic (exact) mass is 391 g/mol. The summed E-state index contributed by atoms with van der Waals surface area (Å²) in [5.74, 6) is 0.654. The Labute approximate surface area is 167 Å². The molecule has 1 aromatic carbocycles. The zero-order valence-electron chi connectivity index (χ0n) is 16.1. The van der Waals surface area contributed by atoms with E-state index in [2.05, 4.69) is 26.3 Å². The van der Waals surface area contributed by atoms with Gasteiger partial charge in [0.05, 0.1) is 11.2 Å². The zero-order chi connectivity index (χ0) is 19.7. The van der Waals surface area contributed by atoms with E-state index < -0.39 is 0 Å². The van der Waals surface area contributed by atoms with Crippen LogP contribution in [0.5, 0.6) is 0 Å². The second-order valence-corrected chi connectivity index (χ2v) is 7.78. The Morgan fingerprint density at radius 2 is 1.93 bits per heavy atom. The van der Waals surface area contributed by atoms with Gasteiger partial charge < -0.3 is 9.88 Å². The molecule has 0 aliphatic carbocycles. The van der Waals surface area contributed by atoms with Gasteiger partial charge in [0.2, 0.25) is 0 Å². The minimum absolute atomic E-state index is 0.0741. The van der Waals surface area contributed by atoms with Gasteiger partial charge in [0, 0.05) is 36.6 Å². The van der Waals surface area contributed by atoms with Crippen molar-refractivity contribution in [2.24, 2.45) is 0 Å². The molecule has 3 aromatic heterocycles. The fourth-order valence-corrected chi connectivity index (χ4v) is 4.60. The molecule has 1 N–H and O–H groups in total. The van der Waals surface area contributed by atoms with Crippen LogP contribution in [0.3, 0.4) is 0 Å². The van der Waals surface area contributed by atoms with E-state index in [0.717, 1.165) is 45.0 Å². The third-order valence-corrected chi connectivity index (χ3v) is 5.94. The van der Waals surface area contributed by atoms with Crippen LogP contribution in [0.4, 0.5) is 0 Å². The average molecular weight is 392 g/mol. The number of carbonyl (C=O) groups is 1. The maximum atomic E-state index is 12.9. The molecular weight excluding hydrogens is 370 g/mol. The minimum Gasteiger partial charge on any atom is -0.347 e. The molecule has 0 saturated heterocycles. The first-order valence-corrected chi connectivity index (χ1v) is 9.89. The molecule has 7 heteroatoms. The zero-order valence-corrected chi connectivity index (χ0v) is 16.9. The second kappa shape index (κ2) is 7.52. The third kappa shape index (κ3) is 3.53. The van der Waals surface area contributed by atoms with Gasteiger partial charge >= 0.3 is 0 Å². The quantitative estimate of drug-likeness (QED) is 0.562. The van der Waals surface area contributed by atoms with E-state index in [1.54, 1.807) is 12.5 Å². The molecule has 4 aromatic rings. The summed E-state index contributed by atoms with van der Waals surface area (Å²) in [7, 11) is 0. The summed E-state index contributed by atoms with van der Waals surface area (Å²) in [5.41, 5.74) is 4.11. The van der Waals surface area contributed by atoms with E-state index >= 15 is 0 Å². The van der Waals surface area contributed by atoms with Crippen LogP contribution in [-0.4, -0.2) is 25.4 Å². The summed E-state index contributed by atoms with van der Waals surface area (Å²) in [5, 5.41) is 4.06. The van der Waals surface area contributed by atoms with Crippen molar-refractivity contribution in [2.75, 3.05) is 0 Å². The lowest BCUT2D eigenvalue weighted by molar-refractivity contribution is 0.0954. The summed E-state index contributed by atoms with van der Waals surface area (Å²) in [4.78, 5) is 27.5. The van der Waals surface area contributed by atoms with Gasteiger partial charge in [0.25, 0.3) is 5.91 Å². The van der Waals surface area contributed by atoms with Crippen LogP contribution in [0.1, 0.15) is 37.9 Å². The van der Waals surface area contributed by atoms with Crippen molar-refractivity contribution in [3.05, 3.63) is 76.1 Å². The van der Waals surface area contributed by atoms with Crippen molar-refractivity contribution in [3.8, 4) is 0 Å². The summed E-state index contributed by atoms with van der Waals surface area (Å²) in [6.07, 6.45) is 5.49. The Morgan fingerprint density at radius 1 is 1.14 bits per heavy atom. The van der Waals surface area contributed by atoms with Crippen molar-refractivity contribution in [2.45, 2.75) is 33.9 Å². The first-order valence-electron chi connectivity index (χ1n) is 9.08. The molecule has 6 nitrogen and oxygen atoms in total. The lowest BCUT2D eigenvalue weighted by atomic mass is 10.1. The number of hydrogen-bond donors (Lipinski definition) is 1. The number of nitrogens with zero attached hydrogens (tertiary/aromatic N) is 4. The van der Waals surface area contributed by atoms with Crippen molar-refractivity contribution in [3.63, 3.8) is 0 Å². The predicted molar refractivity (Wildman–Crippen MR) is 111 cm³/mol. The maximum Gasteiger partial charge on any atom is 0.261 e. The number of thiophene rings is 1. The third-order valence-electron chi connectivity index (χ3n) is 4.76. The highest BCUT2D eigenvalue weighted by Gasteiger charge is 2.18. The smallest absolute Gasteiger partial charge is 0.261 e. The molecule has 4 rings (SSSR count). The molecule has 0 aliphatic heterocycles. The van der Waals surface area contributed by atoms with Crippen LogP contribution >= 0.6 is 11.3 Å². The molecule has 3 heterocycles. The number of amides is 1. The molecule has 0 saturated carbocycles. The van der Waals surface area contributed by atoms with E-state index in [1.807, 2.05) is 49.7 Å². The molecule has 0 spiro atoms. The topological polar surface area (TPSA) is 72.7 Å². The molecule has 0 bridgehead atoms. The van der Waals surface area contributed by atoms with Crippen LogP contribution in [-0.2, 0) is 13.1 Å². The van der Waals surface area contributed by atoms with Crippen LogP contribution in [0.2, 0.25) is 0 Å². The second-order valence-electron chi connectivity index (χ2n) is 6.78. The first kappa shape index (κ1) is 18.3. The van der Waals surface area contributed by atoms with E-state index in [-0.39, 0.29) is 5.91 Å². The number of rotatable bonds is 5. The van der Waals surface area contributed by atoms with Crippen LogP contribution in [0, 0.1) is 20.8 Å². The summed E-state index contributed by atoms with van der Waals surface area (Å²) < 4.78 is 2.01. The van der Waals surface area contributed by atoms with Crippen LogP contribution < -0.4 is 5.32 Å². The number of aryl methyl sites for hydroxylation is 3. The Kier molecular flexibility index (Phi) is 4.92. The van der Waals surface area contributed by atoms with Gasteiger partial charge in [-0.3, -0.25) is 4.79 Å². The number of hydrogen-bond acceptors (Lipinski definition) is 5. The highest BCUT2D eigenvalue weighted by Crippen LogP contribution is 2.31. The summed E-state index contributed by atoms with van der Waals surface area (Å²) in [6.45, 7) is 7.00. The molecule has 0 aliphatic rings. The van der Waals surface area contributed by atoms with Gasteiger partial charge in [-0.2, -0.15) is 0 Å². The average Bonchev–Trinajstić information content (AvgIpc) is 3.28. The molecular formula is C21H21N5OS. The normalized spacial score (nSPS) is 11.1. The highest BCUT2D eigenvalue weighted by atomic mass is 32.1. The molecule has 0 radical (unpaired) electrons.